The molecule has 5 rings (SSSR count). The maximum absolute atomic E-state index is 5.88. The van der Waals surface area contributed by atoms with Gasteiger partial charge in [-0.3, -0.25) is 9.88 Å². The Bertz CT molecular complexity index is 795. The number of rotatable bonds is 6. The number of likely N-dealkylation sites (tertiary alicyclic amines) is 2. The summed E-state index contributed by atoms with van der Waals surface area (Å²) < 4.78 is 5.88. The quantitative estimate of drug-likeness (QED) is 0.713. The van der Waals surface area contributed by atoms with E-state index in [-0.39, 0.29) is 5.92 Å². The minimum absolute atomic E-state index is 0.269. The lowest BCUT2D eigenvalue weighted by atomic mass is 9.90. The zero-order valence-corrected chi connectivity index (χ0v) is 18.2. The van der Waals surface area contributed by atoms with Crippen LogP contribution in [-0.2, 0) is 0 Å². The van der Waals surface area contributed by atoms with E-state index in [1.807, 2.05) is 12.4 Å². The molecule has 0 aromatic carbocycles. The highest BCUT2D eigenvalue weighted by Gasteiger charge is 2.41. The number of pyridine rings is 1. The lowest BCUT2D eigenvalue weighted by Crippen LogP contribution is -2.44. The van der Waals surface area contributed by atoms with Crippen LogP contribution in [0.2, 0.25) is 0 Å². The standard InChI is InChI=1S/C24H35N5O/c1-2-12-28-13-9-20(10-14-28)29-16-21(19-8-5-11-25-15-19)22(17-29)24-26-23(27-30-24)18-6-3-4-7-18/h5,8,11,15,18,20-22H,2-4,6-7,9-10,12-14,16-17H2,1H3. The normalized spacial score (nSPS) is 27.2. The van der Waals surface area contributed by atoms with Crippen LogP contribution in [0.1, 0.15) is 86.9 Å². The van der Waals surface area contributed by atoms with Gasteiger partial charge in [-0.2, -0.15) is 4.98 Å². The second kappa shape index (κ2) is 9.15. The molecule has 2 atom stereocenters. The third kappa shape index (κ3) is 4.17. The molecule has 6 nitrogen and oxygen atoms in total. The molecule has 2 aromatic heterocycles. The van der Waals surface area contributed by atoms with Crippen LogP contribution in [-0.4, -0.2) is 63.7 Å². The number of hydrogen-bond acceptors (Lipinski definition) is 6. The maximum Gasteiger partial charge on any atom is 0.231 e. The van der Waals surface area contributed by atoms with Crippen molar-refractivity contribution in [3.05, 3.63) is 41.8 Å². The molecule has 0 radical (unpaired) electrons. The Kier molecular flexibility index (Phi) is 6.14. The summed E-state index contributed by atoms with van der Waals surface area (Å²) in [7, 11) is 0. The van der Waals surface area contributed by atoms with Crippen molar-refractivity contribution in [3.8, 4) is 0 Å². The molecular formula is C24H35N5O. The molecule has 2 unspecified atom stereocenters. The zero-order valence-electron chi connectivity index (χ0n) is 18.2. The molecule has 2 aromatic rings. The molecule has 2 saturated heterocycles. The fraction of sp³-hybridized carbons (Fsp3) is 0.708. The summed E-state index contributed by atoms with van der Waals surface area (Å²) in [5.74, 6) is 2.94. The molecule has 0 spiro atoms. The first-order valence-corrected chi connectivity index (χ1v) is 12.0. The molecule has 0 bridgehead atoms. The lowest BCUT2D eigenvalue weighted by Gasteiger charge is -2.36. The van der Waals surface area contributed by atoms with Gasteiger partial charge in [0.25, 0.3) is 0 Å². The average Bonchev–Trinajstić information content (AvgIpc) is 3.55. The van der Waals surface area contributed by atoms with E-state index >= 15 is 0 Å². The smallest absolute Gasteiger partial charge is 0.231 e. The van der Waals surface area contributed by atoms with E-state index in [1.165, 1.54) is 70.1 Å². The van der Waals surface area contributed by atoms with Crippen LogP contribution in [0.3, 0.4) is 0 Å². The Balaban J connectivity index is 1.33. The molecule has 3 fully saturated rings. The summed E-state index contributed by atoms with van der Waals surface area (Å²) in [4.78, 5) is 14.7. The minimum Gasteiger partial charge on any atom is -0.339 e. The van der Waals surface area contributed by atoms with Crippen molar-refractivity contribution >= 4 is 0 Å². The summed E-state index contributed by atoms with van der Waals surface area (Å²) in [6.45, 7) is 8.05. The fourth-order valence-electron chi connectivity index (χ4n) is 5.89. The highest BCUT2D eigenvalue weighted by Crippen LogP contribution is 2.41. The Labute approximate surface area is 180 Å². The SMILES string of the molecule is CCCN1CCC(N2CC(c3cccnc3)C(c3nc(C4CCCC4)no3)C2)CC1. The maximum atomic E-state index is 5.88. The summed E-state index contributed by atoms with van der Waals surface area (Å²) in [5.41, 5.74) is 1.30. The third-order valence-corrected chi connectivity index (χ3v) is 7.57. The molecule has 4 heterocycles. The third-order valence-electron chi connectivity index (χ3n) is 7.57. The lowest BCUT2D eigenvalue weighted by molar-refractivity contribution is 0.124. The summed E-state index contributed by atoms with van der Waals surface area (Å²) >= 11 is 0. The van der Waals surface area contributed by atoms with E-state index in [9.17, 15) is 0 Å². The number of hydrogen-bond donors (Lipinski definition) is 0. The molecule has 1 saturated carbocycles. The molecule has 0 N–H and O–H groups in total. The van der Waals surface area contributed by atoms with Gasteiger partial charge in [0.2, 0.25) is 5.89 Å². The van der Waals surface area contributed by atoms with Crippen molar-refractivity contribution in [1.82, 2.24) is 24.9 Å². The van der Waals surface area contributed by atoms with Crippen LogP contribution in [0.5, 0.6) is 0 Å². The van der Waals surface area contributed by atoms with Gasteiger partial charge in [0.1, 0.15) is 0 Å². The summed E-state index contributed by atoms with van der Waals surface area (Å²) in [6, 6.07) is 4.93. The molecule has 3 aliphatic rings. The highest BCUT2D eigenvalue weighted by molar-refractivity contribution is 5.23. The van der Waals surface area contributed by atoms with Gasteiger partial charge in [-0.05, 0) is 63.4 Å². The van der Waals surface area contributed by atoms with Crippen molar-refractivity contribution in [3.63, 3.8) is 0 Å². The molecule has 30 heavy (non-hydrogen) atoms. The van der Waals surface area contributed by atoms with Gasteiger partial charge in [0.05, 0.1) is 5.92 Å². The van der Waals surface area contributed by atoms with Crippen molar-refractivity contribution in [1.29, 1.82) is 0 Å². The Morgan fingerprint density at radius 3 is 2.60 bits per heavy atom. The van der Waals surface area contributed by atoms with E-state index in [2.05, 4.69) is 39.0 Å². The van der Waals surface area contributed by atoms with E-state index in [0.717, 1.165) is 24.8 Å². The van der Waals surface area contributed by atoms with Crippen LogP contribution in [0.15, 0.2) is 29.0 Å². The summed E-state index contributed by atoms with van der Waals surface area (Å²) in [6.07, 6.45) is 12.7. The monoisotopic (exact) mass is 409 g/mol. The van der Waals surface area contributed by atoms with Crippen molar-refractivity contribution in [2.75, 3.05) is 32.7 Å². The van der Waals surface area contributed by atoms with Gasteiger partial charge >= 0.3 is 0 Å². The van der Waals surface area contributed by atoms with Crippen LogP contribution in [0, 0.1) is 0 Å². The van der Waals surface area contributed by atoms with Crippen LogP contribution < -0.4 is 0 Å². The second-order valence-corrected chi connectivity index (χ2v) is 9.50. The zero-order chi connectivity index (χ0) is 20.3. The first-order valence-electron chi connectivity index (χ1n) is 12.0. The van der Waals surface area contributed by atoms with Crippen LogP contribution in [0.25, 0.3) is 0 Å². The van der Waals surface area contributed by atoms with Gasteiger partial charge in [0, 0.05) is 43.4 Å². The minimum atomic E-state index is 0.269. The number of aromatic nitrogens is 3. The highest BCUT2D eigenvalue weighted by atomic mass is 16.5. The average molecular weight is 410 g/mol. The van der Waals surface area contributed by atoms with Crippen LogP contribution >= 0.6 is 0 Å². The number of nitrogens with zero attached hydrogens (tertiary/aromatic N) is 5. The predicted octanol–water partition coefficient (Wildman–Crippen LogP) is 4.18. The van der Waals surface area contributed by atoms with E-state index in [0.29, 0.717) is 17.9 Å². The first kappa shape index (κ1) is 20.1. The predicted molar refractivity (Wildman–Crippen MR) is 117 cm³/mol. The van der Waals surface area contributed by atoms with Gasteiger partial charge in [-0.1, -0.05) is 31.0 Å². The topological polar surface area (TPSA) is 58.3 Å². The summed E-state index contributed by atoms with van der Waals surface area (Å²) in [5, 5.41) is 4.41. The number of piperidine rings is 1. The first-order chi connectivity index (χ1) is 14.8. The van der Waals surface area contributed by atoms with Gasteiger partial charge in [0.15, 0.2) is 5.82 Å². The molecule has 1 aliphatic carbocycles. The van der Waals surface area contributed by atoms with Gasteiger partial charge in [-0.15, -0.1) is 0 Å². The Morgan fingerprint density at radius 2 is 1.87 bits per heavy atom. The second-order valence-electron chi connectivity index (χ2n) is 9.50. The van der Waals surface area contributed by atoms with E-state index in [4.69, 9.17) is 9.51 Å². The van der Waals surface area contributed by atoms with Crippen molar-refractivity contribution < 1.29 is 4.52 Å². The van der Waals surface area contributed by atoms with Crippen molar-refractivity contribution in [2.45, 2.75) is 75.7 Å². The van der Waals surface area contributed by atoms with Crippen LogP contribution in [0.4, 0.5) is 0 Å². The fourth-order valence-corrected chi connectivity index (χ4v) is 5.89. The van der Waals surface area contributed by atoms with Crippen molar-refractivity contribution in [2.24, 2.45) is 0 Å². The Hall–Kier alpha value is -1.79. The molecular weight excluding hydrogens is 374 g/mol. The largest absolute Gasteiger partial charge is 0.339 e. The Morgan fingerprint density at radius 1 is 1.07 bits per heavy atom. The molecule has 2 aliphatic heterocycles. The molecule has 6 heteroatoms. The van der Waals surface area contributed by atoms with Gasteiger partial charge < -0.3 is 9.42 Å². The molecule has 0 amide bonds. The molecule has 162 valence electrons. The van der Waals surface area contributed by atoms with E-state index < -0.39 is 0 Å². The van der Waals surface area contributed by atoms with Gasteiger partial charge in [-0.25, -0.2) is 0 Å². The van der Waals surface area contributed by atoms with E-state index in [1.54, 1.807) is 0 Å².